The number of urea groups is 1. The van der Waals surface area contributed by atoms with Crippen molar-refractivity contribution in [1.29, 1.82) is 0 Å². The van der Waals surface area contributed by atoms with Crippen LogP contribution in [0.3, 0.4) is 0 Å². The second-order valence-corrected chi connectivity index (χ2v) is 7.07. The molecule has 1 aromatic carbocycles. The molecule has 4 fully saturated rings. The summed E-state index contributed by atoms with van der Waals surface area (Å²) in [6, 6.07) is 5.81. The molecule has 5 heteroatoms. The van der Waals surface area contributed by atoms with Gasteiger partial charge in [0.2, 0.25) is 0 Å². The van der Waals surface area contributed by atoms with Crippen LogP contribution in [-0.4, -0.2) is 35.1 Å². The minimum atomic E-state index is 0.0316. The lowest BCUT2D eigenvalue weighted by Crippen LogP contribution is -2.82. The van der Waals surface area contributed by atoms with Crippen molar-refractivity contribution < 1.29 is 4.79 Å². The van der Waals surface area contributed by atoms with Crippen LogP contribution in [0.25, 0.3) is 0 Å². The molecule has 0 aromatic heterocycles. The number of nitrogens with zero attached hydrogens (tertiary/aromatic N) is 2. The summed E-state index contributed by atoms with van der Waals surface area (Å²) in [5, 5.41) is 0.708. The van der Waals surface area contributed by atoms with Crippen LogP contribution < -0.4 is 10.6 Å². The minimum absolute atomic E-state index is 0.0316. The Morgan fingerprint density at radius 1 is 1.25 bits per heavy atom. The molecule has 5 rings (SSSR count). The normalized spacial score (nSPS) is 35.0. The first-order valence-corrected chi connectivity index (χ1v) is 7.45. The average Bonchev–Trinajstić information content (AvgIpc) is 2.66. The van der Waals surface area contributed by atoms with Gasteiger partial charge in [-0.3, -0.25) is 4.90 Å². The summed E-state index contributed by atoms with van der Waals surface area (Å²) >= 11 is 5.99. The minimum Gasteiger partial charge on any atom is -0.325 e. The van der Waals surface area contributed by atoms with E-state index < -0.39 is 0 Å². The van der Waals surface area contributed by atoms with Gasteiger partial charge in [0.25, 0.3) is 0 Å². The number of rotatable bonds is 2. The first-order valence-electron chi connectivity index (χ1n) is 7.07. The maximum absolute atomic E-state index is 12.7. The van der Waals surface area contributed by atoms with Gasteiger partial charge in [-0.1, -0.05) is 11.6 Å². The van der Waals surface area contributed by atoms with Crippen molar-refractivity contribution in [3.05, 3.63) is 28.8 Å². The van der Waals surface area contributed by atoms with Crippen LogP contribution >= 0.6 is 11.6 Å². The Hall–Kier alpha value is -1.26. The summed E-state index contributed by atoms with van der Waals surface area (Å²) in [4.78, 5) is 16.6. The molecule has 0 atom stereocenters. The van der Waals surface area contributed by atoms with Crippen molar-refractivity contribution in [3.63, 3.8) is 0 Å². The lowest BCUT2D eigenvalue weighted by atomic mass is 9.44. The Morgan fingerprint density at radius 3 is 2.55 bits per heavy atom. The molecular weight excluding hydrogens is 274 g/mol. The second kappa shape index (κ2) is 3.68. The summed E-state index contributed by atoms with van der Waals surface area (Å²) in [7, 11) is 0. The number of carbonyl (C=O) groups is 1. The van der Waals surface area contributed by atoms with E-state index in [4.69, 9.17) is 17.3 Å². The standard InChI is InChI=1S/C15H18ClN3O/c1-10-6-11(16)2-3-12(10)18-4-5-19(13(18)20)15-7-14(17,8-15)9-15/h2-3,6H,4-5,7-9,17H2,1H3. The van der Waals surface area contributed by atoms with E-state index in [0.29, 0.717) is 5.02 Å². The first-order chi connectivity index (χ1) is 9.42. The monoisotopic (exact) mass is 291 g/mol. The summed E-state index contributed by atoms with van der Waals surface area (Å²) < 4.78 is 0. The Bertz CT molecular complexity index is 595. The maximum Gasteiger partial charge on any atom is 0.325 e. The zero-order valence-corrected chi connectivity index (χ0v) is 12.3. The molecule has 3 aliphatic carbocycles. The molecule has 0 spiro atoms. The third-order valence-electron chi connectivity index (χ3n) is 5.07. The van der Waals surface area contributed by atoms with Gasteiger partial charge in [-0.05, 0) is 49.9 Å². The molecule has 0 unspecified atom stereocenters. The number of nitrogens with two attached hydrogens (primary N) is 1. The molecule has 0 radical (unpaired) electrons. The molecule has 4 nitrogen and oxygen atoms in total. The lowest BCUT2D eigenvalue weighted by Gasteiger charge is -2.71. The van der Waals surface area contributed by atoms with Crippen molar-refractivity contribution >= 4 is 23.3 Å². The number of aryl methyl sites for hydroxylation is 1. The van der Waals surface area contributed by atoms with Crippen molar-refractivity contribution in [2.75, 3.05) is 18.0 Å². The third-order valence-corrected chi connectivity index (χ3v) is 5.31. The number of hydrogen-bond acceptors (Lipinski definition) is 2. The summed E-state index contributed by atoms with van der Waals surface area (Å²) in [6.07, 6.45) is 2.91. The van der Waals surface area contributed by atoms with Crippen molar-refractivity contribution in [1.82, 2.24) is 4.90 Å². The first kappa shape index (κ1) is 12.5. The van der Waals surface area contributed by atoms with Gasteiger partial charge in [0.15, 0.2) is 0 Å². The van der Waals surface area contributed by atoms with Crippen molar-refractivity contribution in [2.24, 2.45) is 5.73 Å². The Kier molecular flexibility index (Phi) is 2.30. The van der Waals surface area contributed by atoms with E-state index in [0.717, 1.165) is 43.6 Å². The van der Waals surface area contributed by atoms with E-state index in [2.05, 4.69) is 0 Å². The molecule has 1 heterocycles. The molecule has 2 amide bonds. The number of anilines is 1. The van der Waals surface area contributed by atoms with E-state index >= 15 is 0 Å². The van der Waals surface area contributed by atoms with Crippen LogP contribution in [0.15, 0.2) is 18.2 Å². The second-order valence-electron chi connectivity index (χ2n) is 6.63. The van der Waals surface area contributed by atoms with Crippen LogP contribution in [0.5, 0.6) is 0 Å². The van der Waals surface area contributed by atoms with E-state index in [1.807, 2.05) is 34.9 Å². The Labute approximate surface area is 123 Å². The zero-order chi connectivity index (χ0) is 14.1. The maximum atomic E-state index is 12.7. The van der Waals surface area contributed by atoms with E-state index in [-0.39, 0.29) is 17.1 Å². The molecule has 3 saturated carbocycles. The number of amides is 2. The van der Waals surface area contributed by atoms with Gasteiger partial charge in [0, 0.05) is 34.9 Å². The Balaban J connectivity index is 1.58. The zero-order valence-electron chi connectivity index (χ0n) is 11.5. The van der Waals surface area contributed by atoms with Crippen LogP contribution in [0, 0.1) is 6.92 Å². The molecule has 1 aromatic rings. The fourth-order valence-corrected chi connectivity index (χ4v) is 4.45. The highest BCUT2D eigenvalue weighted by Gasteiger charge is 2.70. The summed E-state index contributed by atoms with van der Waals surface area (Å²) in [5.41, 5.74) is 8.22. The third kappa shape index (κ3) is 1.49. The molecule has 106 valence electrons. The van der Waals surface area contributed by atoms with Gasteiger partial charge in [-0.2, -0.15) is 0 Å². The highest BCUT2D eigenvalue weighted by Crippen LogP contribution is 2.62. The smallest absolute Gasteiger partial charge is 0.325 e. The van der Waals surface area contributed by atoms with Crippen molar-refractivity contribution in [3.8, 4) is 0 Å². The number of carbonyl (C=O) groups excluding carboxylic acids is 1. The fourth-order valence-electron chi connectivity index (χ4n) is 4.22. The molecule has 1 aliphatic heterocycles. The van der Waals surface area contributed by atoms with Gasteiger partial charge in [-0.15, -0.1) is 0 Å². The van der Waals surface area contributed by atoms with Gasteiger partial charge in [0.05, 0.1) is 0 Å². The number of benzene rings is 1. The van der Waals surface area contributed by atoms with Crippen LogP contribution in [0.1, 0.15) is 24.8 Å². The molecule has 4 aliphatic rings. The van der Waals surface area contributed by atoms with Gasteiger partial charge < -0.3 is 10.6 Å². The van der Waals surface area contributed by atoms with Gasteiger partial charge in [-0.25, -0.2) is 4.79 Å². The average molecular weight is 292 g/mol. The van der Waals surface area contributed by atoms with Crippen LogP contribution in [0.4, 0.5) is 10.5 Å². The highest BCUT2D eigenvalue weighted by atomic mass is 35.5. The number of hydrogen-bond donors (Lipinski definition) is 1. The highest BCUT2D eigenvalue weighted by molar-refractivity contribution is 6.30. The molecule has 1 saturated heterocycles. The van der Waals surface area contributed by atoms with E-state index in [1.165, 1.54) is 0 Å². The van der Waals surface area contributed by atoms with Crippen LogP contribution in [-0.2, 0) is 0 Å². The van der Waals surface area contributed by atoms with Gasteiger partial charge >= 0.3 is 6.03 Å². The molecule has 20 heavy (non-hydrogen) atoms. The largest absolute Gasteiger partial charge is 0.325 e. The van der Waals surface area contributed by atoms with Gasteiger partial charge in [0.1, 0.15) is 0 Å². The molecule has 2 N–H and O–H groups in total. The summed E-state index contributed by atoms with van der Waals surface area (Å²) in [6.45, 7) is 3.55. The predicted molar refractivity (Wildman–Crippen MR) is 79.1 cm³/mol. The molecule has 2 bridgehead atoms. The Morgan fingerprint density at radius 2 is 1.95 bits per heavy atom. The molecular formula is C15H18ClN3O. The van der Waals surface area contributed by atoms with Crippen molar-refractivity contribution in [2.45, 2.75) is 37.3 Å². The fraction of sp³-hybridized carbons (Fsp3) is 0.533. The predicted octanol–water partition coefficient (Wildman–Crippen LogP) is 2.52. The SMILES string of the molecule is Cc1cc(Cl)ccc1N1CCN(C23CC(N)(C2)C3)C1=O. The summed E-state index contributed by atoms with van der Waals surface area (Å²) in [5.74, 6) is 0. The number of halogens is 1. The van der Waals surface area contributed by atoms with E-state index in [9.17, 15) is 4.79 Å². The quantitative estimate of drug-likeness (QED) is 0.910. The topological polar surface area (TPSA) is 49.6 Å². The van der Waals surface area contributed by atoms with Crippen LogP contribution in [0.2, 0.25) is 5.02 Å². The van der Waals surface area contributed by atoms with E-state index in [1.54, 1.807) is 0 Å². The lowest BCUT2D eigenvalue weighted by molar-refractivity contribution is -0.134.